The van der Waals surface area contributed by atoms with Gasteiger partial charge in [0.25, 0.3) is 11.5 Å². The van der Waals surface area contributed by atoms with Gasteiger partial charge >= 0.3 is 0 Å². The Morgan fingerprint density at radius 2 is 1.96 bits per heavy atom. The Kier molecular flexibility index (Phi) is 4.49. The van der Waals surface area contributed by atoms with Gasteiger partial charge in [0.15, 0.2) is 0 Å². The molecule has 0 saturated heterocycles. The summed E-state index contributed by atoms with van der Waals surface area (Å²) < 4.78 is 1.60. The number of nitrogens with zero attached hydrogens (tertiary/aromatic N) is 2. The van der Waals surface area contributed by atoms with Crippen LogP contribution in [0.15, 0.2) is 35.4 Å². The summed E-state index contributed by atoms with van der Waals surface area (Å²) in [6, 6.07) is 7.61. The molecule has 6 heteroatoms. The fourth-order valence-electron chi connectivity index (χ4n) is 2.60. The van der Waals surface area contributed by atoms with E-state index in [-0.39, 0.29) is 11.5 Å². The first-order valence-electron chi connectivity index (χ1n) is 7.87. The van der Waals surface area contributed by atoms with E-state index >= 15 is 0 Å². The van der Waals surface area contributed by atoms with E-state index in [0.29, 0.717) is 27.2 Å². The van der Waals surface area contributed by atoms with Crippen LogP contribution < -0.4 is 10.9 Å². The minimum atomic E-state index is -0.208. The van der Waals surface area contributed by atoms with E-state index < -0.39 is 0 Å². The van der Waals surface area contributed by atoms with E-state index in [1.54, 1.807) is 10.9 Å². The molecule has 1 aromatic carbocycles. The SMILES string of the molecule is CCCn1cnc2sc(C(=O)Nc3ccc(C)cc3)c(C)c2c1=O. The zero-order valence-electron chi connectivity index (χ0n) is 13.9. The summed E-state index contributed by atoms with van der Waals surface area (Å²) in [7, 11) is 0. The Hall–Kier alpha value is -2.47. The lowest BCUT2D eigenvalue weighted by molar-refractivity contribution is 0.103. The number of benzene rings is 1. The standard InChI is InChI=1S/C18H19N3O2S/c1-4-9-21-10-19-17-14(18(21)23)12(3)15(24-17)16(22)20-13-7-5-11(2)6-8-13/h5-8,10H,4,9H2,1-3H3,(H,20,22). The second-order valence-corrected chi connectivity index (χ2v) is 6.80. The molecular formula is C18H19N3O2S. The van der Waals surface area contributed by atoms with E-state index in [9.17, 15) is 9.59 Å². The number of fused-ring (bicyclic) bond motifs is 1. The molecule has 0 unspecified atom stereocenters. The fraction of sp³-hybridized carbons (Fsp3) is 0.278. The average Bonchev–Trinajstić information content (AvgIpc) is 2.90. The second-order valence-electron chi connectivity index (χ2n) is 5.80. The van der Waals surface area contributed by atoms with Crippen LogP contribution in [0.3, 0.4) is 0 Å². The quantitative estimate of drug-likeness (QED) is 0.786. The third kappa shape index (κ3) is 2.97. The largest absolute Gasteiger partial charge is 0.321 e. The minimum Gasteiger partial charge on any atom is -0.321 e. The molecule has 1 amide bonds. The molecule has 1 N–H and O–H groups in total. The summed E-state index contributed by atoms with van der Waals surface area (Å²) in [5.41, 5.74) is 2.48. The summed E-state index contributed by atoms with van der Waals surface area (Å²) in [6.45, 7) is 6.44. The number of carbonyl (C=O) groups excluding carboxylic acids is 1. The highest BCUT2D eigenvalue weighted by molar-refractivity contribution is 7.20. The third-order valence-corrected chi connectivity index (χ3v) is 5.10. The van der Waals surface area contributed by atoms with Crippen molar-refractivity contribution < 1.29 is 4.79 Å². The van der Waals surface area contributed by atoms with Crippen LogP contribution in [-0.2, 0) is 6.54 Å². The Balaban J connectivity index is 1.99. The third-order valence-electron chi connectivity index (χ3n) is 3.90. The van der Waals surface area contributed by atoms with E-state index in [4.69, 9.17) is 0 Å². The highest BCUT2D eigenvalue weighted by Gasteiger charge is 2.19. The van der Waals surface area contributed by atoms with Crippen LogP contribution in [0.4, 0.5) is 5.69 Å². The number of aryl methyl sites for hydroxylation is 3. The molecule has 2 heterocycles. The van der Waals surface area contributed by atoms with Crippen LogP contribution in [-0.4, -0.2) is 15.5 Å². The molecule has 0 atom stereocenters. The van der Waals surface area contributed by atoms with Crippen molar-refractivity contribution in [3.8, 4) is 0 Å². The summed E-state index contributed by atoms with van der Waals surface area (Å²) in [5.74, 6) is -0.208. The molecule has 0 aliphatic carbocycles. The van der Waals surface area contributed by atoms with Gasteiger partial charge in [-0.05, 0) is 38.0 Å². The topological polar surface area (TPSA) is 64.0 Å². The molecule has 0 bridgehead atoms. The van der Waals surface area contributed by atoms with Crippen molar-refractivity contribution in [2.24, 2.45) is 0 Å². The predicted molar refractivity (Wildman–Crippen MR) is 98.0 cm³/mol. The van der Waals surface area contributed by atoms with Crippen LogP contribution in [0.2, 0.25) is 0 Å². The lowest BCUT2D eigenvalue weighted by Crippen LogP contribution is -2.20. The molecule has 0 aliphatic rings. The zero-order chi connectivity index (χ0) is 17.3. The lowest BCUT2D eigenvalue weighted by Gasteiger charge is -2.05. The first-order valence-corrected chi connectivity index (χ1v) is 8.69. The molecule has 3 aromatic rings. The molecule has 2 aromatic heterocycles. The maximum Gasteiger partial charge on any atom is 0.266 e. The number of amides is 1. The molecule has 0 spiro atoms. The van der Waals surface area contributed by atoms with Crippen LogP contribution in [0, 0.1) is 13.8 Å². The van der Waals surface area contributed by atoms with Crippen LogP contribution in [0.1, 0.15) is 34.1 Å². The van der Waals surface area contributed by atoms with Gasteiger partial charge in [-0.2, -0.15) is 0 Å². The van der Waals surface area contributed by atoms with Gasteiger partial charge in [-0.15, -0.1) is 11.3 Å². The number of hydrogen-bond acceptors (Lipinski definition) is 4. The Morgan fingerprint density at radius 1 is 1.25 bits per heavy atom. The van der Waals surface area contributed by atoms with Gasteiger partial charge in [-0.3, -0.25) is 14.2 Å². The van der Waals surface area contributed by atoms with Crippen molar-refractivity contribution in [2.75, 3.05) is 5.32 Å². The molecule has 5 nitrogen and oxygen atoms in total. The van der Waals surface area contributed by atoms with E-state index in [1.165, 1.54) is 11.3 Å². The van der Waals surface area contributed by atoms with Crippen molar-refractivity contribution in [1.82, 2.24) is 9.55 Å². The molecular weight excluding hydrogens is 322 g/mol. The van der Waals surface area contributed by atoms with Gasteiger partial charge in [-0.25, -0.2) is 4.98 Å². The molecule has 0 radical (unpaired) electrons. The van der Waals surface area contributed by atoms with E-state index in [0.717, 1.165) is 17.7 Å². The van der Waals surface area contributed by atoms with Gasteiger partial charge in [0, 0.05) is 12.2 Å². The summed E-state index contributed by atoms with van der Waals surface area (Å²) in [4.78, 5) is 30.6. The van der Waals surface area contributed by atoms with Gasteiger partial charge in [0.2, 0.25) is 0 Å². The van der Waals surface area contributed by atoms with Gasteiger partial charge < -0.3 is 5.32 Å². The molecule has 0 aliphatic heterocycles. The summed E-state index contributed by atoms with van der Waals surface area (Å²) in [6.07, 6.45) is 2.42. The molecule has 0 fully saturated rings. The highest BCUT2D eigenvalue weighted by atomic mass is 32.1. The molecule has 24 heavy (non-hydrogen) atoms. The monoisotopic (exact) mass is 341 g/mol. The smallest absolute Gasteiger partial charge is 0.266 e. The first-order chi connectivity index (χ1) is 11.5. The number of aromatic nitrogens is 2. The van der Waals surface area contributed by atoms with Crippen LogP contribution in [0.25, 0.3) is 10.2 Å². The van der Waals surface area contributed by atoms with Crippen molar-refractivity contribution in [2.45, 2.75) is 33.7 Å². The van der Waals surface area contributed by atoms with Crippen molar-refractivity contribution in [3.63, 3.8) is 0 Å². The van der Waals surface area contributed by atoms with Crippen LogP contribution >= 0.6 is 11.3 Å². The number of thiophene rings is 1. The predicted octanol–water partition coefficient (Wildman–Crippen LogP) is 3.74. The Bertz CT molecular complexity index is 955. The van der Waals surface area contributed by atoms with Gasteiger partial charge in [0.1, 0.15) is 4.83 Å². The maximum atomic E-state index is 12.6. The first kappa shape index (κ1) is 16.4. The normalized spacial score (nSPS) is 11.0. The zero-order valence-corrected chi connectivity index (χ0v) is 14.7. The van der Waals surface area contributed by atoms with Crippen molar-refractivity contribution >= 4 is 33.1 Å². The highest BCUT2D eigenvalue weighted by Crippen LogP contribution is 2.27. The second kappa shape index (κ2) is 6.57. The molecule has 124 valence electrons. The Labute approximate surface area is 144 Å². The average molecular weight is 341 g/mol. The number of anilines is 1. The minimum absolute atomic E-state index is 0.0787. The summed E-state index contributed by atoms with van der Waals surface area (Å²) >= 11 is 1.26. The lowest BCUT2D eigenvalue weighted by atomic mass is 10.2. The van der Waals surface area contributed by atoms with E-state index in [1.807, 2.05) is 45.0 Å². The van der Waals surface area contributed by atoms with Gasteiger partial charge in [0.05, 0.1) is 16.6 Å². The number of carbonyl (C=O) groups is 1. The van der Waals surface area contributed by atoms with Crippen molar-refractivity contribution in [3.05, 3.63) is 57.0 Å². The summed E-state index contributed by atoms with van der Waals surface area (Å²) in [5, 5.41) is 3.43. The van der Waals surface area contributed by atoms with Gasteiger partial charge in [-0.1, -0.05) is 24.6 Å². The fourth-order valence-corrected chi connectivity index (χ4v) is 3.64. The number of nitrogens with one attached hydrogen (secondary N) is 1. The van der Waals surface area contributed by atoms with E-state index in [2.05, 4.69) is 10.3 Å². The van der Waals surface area contributed by atoms with Crippen LogP contribution in [0.5, 0.6) is 0 Å². The molecule has 0 saturated carbocycles. The molecule has 3 rings (SSSR count). The van der Waals surface area contributed by atoms with Crippen molar-refractivity contribution in [1.29, 1.82) is 0 Å². The maximum absolute atomic E-state index is 12.6. The number of hydrogen-bond donors (Lipinski definition) is 1. The Morgan fingerprint density at radius 3 is 2.62 bits per heavy atom. The number of rotatable bonds is 4.